The molecular weight excluding hydrogens is 258 g/mol. The van der Waals surface area contributed by atoms with Crippen LogP contribution in [0.15, 0.2) is 24.3 Å². The highest BCUT2D eigenvalue weighted by Crippen LogP contribution is 2.37. The third-order valence-electron chi connectivity index (χ3n) is 2.75. The van der Waals surface area contributed by atoms with Crippen LogP contribution in [0.3, 0.4) is 0 Å². The van der Waals surface area contributed by atoms with E-state index in [0.29, 0.717) is 28.8 Å². The second kappa shape index (κ2) is 6.21. The summed E-state index contributed by atoms with van der Waals surface area (Å²) in [5.74, 6) is 2.20. The molecule has 0 radical (unpaired) electrons. The lowest BCUT2D eigenvalue weighted by molar-refractivity contribution is 0.178. The Morgan fingerprint density at radius 2 is 1.70 bits per heavy atom. The normalized spacial score (nSPS) is 10.3. The number of anilines is 1. The number of methoxy groups -OCH3 is 3. The minimum absolute atomic E-state index is 0.287. The van der Waals surface area contributed by atoms with E-state index in [4.69, 9.17) is 19.9 Å². The van der Waals surface area contributed by atoms with E-state index in [1.807, 2.05) is 18.2 Å². The van der Waals surface area contributed by atoms with Crippen LogP contribution >= 0.6 is 0 Å². The molecule has 20 heavy (non-hydrogen) atoms. The topological polar surface area (TPSA) is 79.5 Å². The predicted octanol–water partition coefficient (Wildman–Crippen LogP) is 1.89. The van der Waals surface area contributed by atoms with Crippen molar-refractivity contribution in [2.75, 3.05) is 27.1 Å². The Morgan fingerprint density at radius 3 is 2.25 bits per heavy atom. The molecule has 0 fully saturated rings. The standard InChI is InChI=1S/C14H17N3O3/c1-18-8-13-16-9(7-12(15)17-13)14-10(19-2)5-4-6-11(14)20-3/h4-7H,8H2,1-3H3,(H2,15,16,17). The van der Waals surface area contributed by atoms with Crippen molar-refractivity contribution in [2.45, 2.75) is 6.61 Å². The molecule has 6 heteroatoms. The average molecular weight is 275 g/mol. The quantitative estimate of drug-likeness (QED) is 0.897. The van der Waals surface area contributed by atoms with Crippen molar-refractivity contribution in [3.63, 3.8) is 0 Å². The van der Waals surface area contributed by atoms with Crippen LogP contribution in [0.2, 0.25) is 0 Å². The first-order valence-electron chi connectivity index (χ1n) is 6.03. The first-order chi connectivity index (χ1) is 9.69. The van der Waals surface area contributed by atoms with Gasteiger partial charge in [-0.2, -0.15) is 0 Å². The zero-order valence-electron chi connectivity index (χ0n) is 11.7. The smallest absolute Gasteiger partial charge is 0.157 e. The summed E-state index contributed by atoms with van der Waals surface area (Å²) in [6.45, 7) is 0.287. The molecule has 0 saturated carbocycles. The van der Waals surface area contributed by atoms with Crippen LogP contribution in [0, 0.1) is 0 Å². The first-order valence-corrected chi connectivity index (χ1v) is 6.03. The highest BCUT2D eigenvalue weighted by Gasteiger charge is 2.15. The highest BCUT2D eigenvalue weighted by molar-refractivity contribution is 5.75. The summed E-state index contributed by atoms with van der Waals surface area (Å²) < 4.78 is 15.8. The number of nitrogens with two attached hydrogens (primary N) is 1. The van der Waals surface area contributed by atoms with Crippen LogP contribution < -0.4 is 15.2 Å². The zero-order chi connectivity index (χ0) is 14.5. The van der Waals surface area contributed by atoms with Crippen molar-refractivity contribution in [1.82, 2.24) is 9.97 Å². The van der Waals surface area contributed by atoms with Gasteiger partial charge in [-0.25, -0.2) is 9.97 Å². The van der Waals surface area contributed by atoms with E-state index in [1.165, 1.54) is 0 Å². The Morgan fingerprint density at radius 1 is 1.05 bits per heavy atom. The van der Waals surface area contributed by atoms with Crippen LogP contribution in [-0.2, 0) is 11.3 Å². The van der Waals surface area contributed by atoms with E-state index in [2.05, 4.69) is 9.97 Å². The molecule has 6 nitrogen and oxygen atoms in total. The van der Waals surface area contributed by atoms with Gasteiger partial charge >= 0.3 is 0 Å². The van der Waals surface area contributed by atoms with Gasteiger partial charge in [0.25, 0.3) is 0 Å². The molecule has 0 atom stereocenters. The van der Waals surface area contributed by atoms with Gasteiger partial charge in [-0.3, -0.25) is 0 Å². The summed E-state index contributed by atoms with van der Waals surface area (Å²) >= 11 is 0. The maximum absolute atomic E-state index is 5.82. The van der Waals surface area contributed by atoms with E-state index < -0.39 is 0 Å². The van der Waals surface area contributed by atoms with Gasteiger partial charge in [-0.1, -0.05) is 6.07 Å². The first kappa shape index (κ1) is 14.1. The lowest BCUT2D eigenvalue weighted by atomic mass is 10.1. The van der Waals surface area contributed by atoms with Gasteiger partial charge in [0, 0.05) is 13.2 Å². The molecule has 0 aliphatic carbocycles. The van der Waals surface area contributed by atoms with Crippen molar-refractivity contribution in [2.24, 2.45) is 0 Å². The molecular formula is C14H17N3O3. The molecule has 2 rings (SSSR count). The molecule has 0 unspecified atom stereocenters. The fourth-order valence-electron chi connectivity index (χ4n) is 1.94. The Kier molecular flexibility index (Phi) is 4.37. The predicted molar refractivity (Wildman–Crippen MR) is 75.7 cm³/mol. The van der Waals surface area contributed by atoms with Crippen molar-refractivity contribution in [1.29, 1.82) is 0 Å². The van der Waals surface area contributed by atoms with Crippen molar-refractivity contribution >= 4 is 5.82 Å². The third kappa shape index (κ3) is 2.80. The molecule has 0 spiro atoms. The SMILES string of the molecule is COCc1nc(N)cc(-c2c(OC)cccc2OC)n1. The number of ether oxygens (including phenoxy) is 3. The monoisotopic (exact) mass is 275 g/mol. The molecule has 0 bridgehead atoms. The molecule has 0 amide bonds. The lowest BCUT2D eigenvalue weighted by Gasteiger charge is -2.13. The second-order valence-corrected chi connectivity index (χ2v) is 4.06. The van der Waals surface area contributed by atoms with Gasteiger partial charge in [0.2, 0.25) is 0 Å². The van der Waals surface area contributed by atoms with E-state index in [9.17, 15) is 0 Å². The van der Waals surface area contributed by atoms with Crippen molar-refractivity contribution in [3.05, 3.63) is 30.1 Å². The molecule has 106 valence electrons. The van der Waals surface area contributed by atoms with Crippen molar-refractivity contribution < 1.29 is 14.2 Å². The molecule has 0 saturated heterocycles. The second-order valence-electron chi connectivity index (χ2n) is 4.06. The summed E-state index contributed by atoms with van der Waals surface area (Å²) in [5.41, 5.74) is 7.20. The van der Waals surface area contributed by atoms with E-state index in [-0.39, 0.29) is 6.61 Å². The summed E-state index contributed by atoms with van der Waals surface area (Å²) in [6, 6.07) is 7.21. The number of aromatic nitrogens is 2. The number of nitrogens with zero attached hydrogens (tertiary/aromatic N) is 2. The summed E-state index contributed by atoms with van der Waals surface area (Å²) in [5, 5.41) is 0. The number of benzene rings is 1. The maximum Gasteiger partial charge on any atom is 0.157 e. The minimum atomic E-state index is 0.287. The molecule has 1 aromatic carbocycles. The van der Waals surface area contributed by atoms with Gasteiger partial charge in [0.05, 0.1) is 25.5 Å². The van der Waals surface area contributed by atoms with E-state index in [1.54, 1.807) is 27.4 Å². The van der Waals surface area contributed by atoms with Crippen LogP contribution in [-0.4, -0.2) is 31.3 Å². The highest BCUT2D eigenvalue weighted by atomic mass is 16.5. The summed E-state index contributed by atoms with van der Waals surface area (Å²) in [7, 11) is 4.77. The van der Waals surface area contributed by atoms with Crippen LogP contribution in [0.1, 0.15) is 5.82 Å². The largest absolute Gasteiger partial charge is 0.496 e. The fraction of sp³-hybridized carbons (Fsp3) is 0.286. The molecule has 1 aromatic heterocycles. The Labute approximate surface area is 117 Å². The lowest BCUT2D eigenvalue weighted by Crippen LogP contribution is -2.03. The number of rotatable bonds is 5. The Bertz CT molecular complexity index is 580. The van der Waals surface area contributed by atoms with Crippen LogP contribution in [0.5, 0.6) is 11.5 Å². The van der Waals surface area contributed by atoms with E-state index >= 15 is 0 Å². The Hall–Kier alpha value is -2.34. The maximum atomic E-state index is 5.82. The van der Waals surface area contributed by atoms with Crippen molar-refractivity contribution in [3.8, 4) is 22.8 Å². The van der Waals surface area contributed by atoms with Gasteiger partial charge in [-0.05, 0) is 12.1 Å². The third-order valence-corrected chi connectivity index (χ3v) is 2.75. The minimum Gasteiger partial charge on any atom is -0.496 e. The molecule has 2 aromatic rings. The van der Waals surface area contributed by atoms with Gasteiger partial charge < -0.3 is 19.9 Å². The van der Waals surface area contributed by atoms with Gasteiger partial charge in [0.1, 0.15) is 23.9 Å². The van der Waals surface area contributed by atoms with Gasteiger partial charge in [0.15, 0.2) is 5.82 Å². The molecule has 0 aliphatic rings. The average Bonchev–Trinajstić information content (AvgIpc) is 2.46. The summed E-state index contributed by atoms with van der Waals surface area (Å²) in [4.78, 5) is 8.55. The number of nitrogen functional groups attached to an aromatic ring is 1. The van der Waals surface area contributed by atoms with Gasteiger partial charge in [-0.15, -0.1) is 0 Å². The van der Waals surface area contributed by atoms with Crippen LogP contribution in [0.25, 0.3) is 11.3 Å². The van der Waals surface area contributed by atoms with E-state index in [0.717, 1.165) is 5.56 Å². The molecule has 2 N–H and O–H groups in total. The summed E-state index contributed by atoms with van der Waals surface area (Å²) in [6.07, 6.45) is 0. The number of hydrogen-bond donors (Lipinski definition) is 1. The fourth-order valence-corrected chi connectivity index (χ4v) is 1.94. The zero-order valence-corrected chi connectivity index (χ0v) is 11.7. The Balaban J connectivity index is 2.60. The number of hydrogen-bond acceptors (Lipinski definition) is 6. The molecule has 1 heterocycles. The van der Waals surface area contributed by atoms with Crippen LogP contribution in [0.4, 0.5) is 5.82 Å². The molecule has 0 aliphatic heterocycles.